The molecule has 2 aromatic rings. The van der Waals surface area contributed by atoms with Crippen molar-refractivity contribution in [1.29, 1.82) is 0 Å². The zero-order chi connectivity index (χ0) is 19.5. The summed E-state index contributed by atoms with van der Waals surface area (Å²) in [4.78, 5) is 3.19. The number of rotatable bonds is 6. The molecule has 0 aliphatic heterocycles. The van der Waals surface area contributed by atoms with E-state index in [1.54, 1.807) is 0 Å². The Bertz CT molecular complexity index is 757. The zero-order valence-electron chi connectivity index (χ0n) is 13.9. The fraction of sp³-hybridized carbons (Fsp3) is 0.471. The second kappa shape index (κ2) is 7.79. The molecular weight excluding hydrogens is 362 g/mol. The summed E-state index contributed by atoms with van der Waals surface area (Å²) in [7, 11) is 0. The van der Waals surface area contributed by atoms with Gasteiger partial charge < -0.3 is 10.4 Å². The Hall–Kier alpha value is -1.87. The first-order valence-electron chi connectivity index (χ1n) is 8.02. The molecule has 2 N–H and O–H groups in total. The number of aliphatic hydroxyl groups is 1. The second-order valence-corrected chi connectivity index (χ2v) is 5.87. The van der Waals surface area contributed by atoms with E-state index in [0.29, 0.717) is 18.7 Å². The number of aliphatic hydroxyl groups excluding tert-OH is 1. The van der Waals surface area contributed by atoms with E-state index in [2.05, 4.69) is 10.3 Å². The third-order valence-electron chi connectivity index (χ3n) is 3.87. The van der Waals surface area contributed by atoms with E-state index in [9.17, 15) is 31.4 Å². The molecule has 0 unspecified atom stereocenters. The second-order valence-electron chi connectivity index (χ2n) is 5.87. The molecule has 1 aromatic heterocycles. The van der Waals surface area contributed by atoms with Gasteiger partial charge in [-0.1, -0.05) is 25.5 Å². The normalized spacial score (nSPS) is 14.0. The lowest BCUT2D eigenvalue weighted by atomic mass is 9.99. The van der Waals surface area contributed by atoms with Gasteiger partial charge in [-0.25, -0.2) is 4.98 Å². The summed E-state index contributed by atoms with van der Waals surface area (Å²) >= 11 is 0. The van der Waals surface area contributed by atoms with Crippen LogP contribution in [0.1, 0.15) is 42.7 Å². The smallest absolute Gasteiger partial charge is 0.387 e. The number of aromatic nitrogens is 1. The van der Waals surface area contributed by atoms with Crippen LogP contribution in [0, 0.1) is 0 Å². The molecule has 0 radical (unpaired) electrons. The van der Waals surface area contributed by atoms with E-state index in [1.807, 2.05) is 6.92 Å². The third-order valence-corrected chi connectivity index (χ3v) is 3.87. The van der Waals surface area contributed by atoms with Gasteiger partial charge in [-0.2, -0.15) is 26.3 Å². The highest BCUT2D eigenvalue weighted by atomic mass is 19.4. The van der Waals surface area contributed by atoms with Gasteiger partial charge in [0.05, 0.1) is 17.2 Å². The highest BCUT2D eigenvalue weighted by Crippen LogP contribution is 2.38. The van der Waals surface area contributed by atoms with Gasteiger partial charge in [0.25, 0.3) is 0 Å². The van der Waals surface area contributed by atoms with Gasteiger partial charge in [0.2, 0.25) is 0 Å². The summed E-state index contributed by atoms with van der Waals surface area (Å²) < 4.78 is 78.8. The lowest BCUT2D eigenvalue weighted by molar-refractivity contribution is -0.142. The topological polar surface area (TPSA) is 45.1 Å². The fourth-order valence-electron chi connectivity index (χ4n) is 2.57. The average Bonchev–Trinajstić information content (AvgIpc) is 2.55. The highest BCUT2D eigenvalue weighted by molar-refractivity contribution is 5.86. The van der Waals surface area contributed by atoms with E-state index in [-0.39, 0.29) is 17.5 Å². The Morgan fingerprint density at radius 3 is 2.38 bits per heavy atom. The maximum atomic E-state index is 13.2. The van der Waals surface area contributed by atoms with Gasteiger partial charge in [-0.15, -0.1) is 0 Å². The Balaban J connectivity index is 2.57. The van der Waals surface area contributed by atoms with Crippen LogP contribution in [0.15, 0.2) is 24.3 Å². The van der Waals surface area contributed by atoms with E-state index in [1.165, 1.54) is 6.07 Å². The number of halogens is 6. The van der Waals surface area contributed by atoms with Crippen LogP contribution in [0.5, 0.6) is 0 Å². The largest absolute Gasteiger partial charge is 0.433 e. The molecule has 0 aliphatic rings. The maximum absolute atomic E-state index is 13.2. The quantitative estimate of drug-likeness (QED) is 0.564. The first kappa shape index (κ1) is 20.4. The highest BCUT2D eigenvalue weighted by Gasteiger charge is 2.37. The third kappa shape index (κ3) is 4.64. The minimum absolute atomic E-state index is 0.0767. The molecule has 0 fully saturated rings. The number of fused-ring (bicyclic) bond motifs is 1. The minimum Gasteiger partial charge on any atom is -0.387 e. The van der Waals surface area contributed by atoms with Crippen LogP contribution >= 0.6 is 0 Å². The van der Waals surface area contributed by atoms with Gasteiger partial charge in [0.15, 0.2) is 0 Å². The Kier molecular flexibility index (Phi) is 6.13. The number of nitrogens with zero attached hydrogens (tertiary/aromatic N) is 1. The summed E-state index contributed by atoms with van der Waals surface area (Å²) in [5, 5.41) is 13.0. The van der Waals surface area contributed by atoms with Crippen molar-refractivity contribution in [3.63, 3.8) is 0 Å². The first-order chi connectivity index (χ1) is 12.1. The fourth-order valence-corrected chi connectivity index (χ4v) is 2.57. The molecule has 26 heavy (non-hydrogen) atoms. The summed E-state index contributed by atoms with van der Waals surface area (Å²) in [6.45, 7) is 2.41. The van der Waals surface area contributed by atoms with Crippen molar-refractivity contribution in [2.75, 3.05) is 13.1 Å². The molecule has 0 saturated heterocycles. The average molecular weight is 380 g/mol. The minimum atomic E-state index is -4.93. The summed E-state index contributed by atoms with van der Waals surface area (Å²) in [5.74, 6) is 0. The molecule has 0 bridgehead atoms. The predicted molar refractivity (Wildman–Crippen MR) is 84.5 cm³/mol. The van der Waals surface area contributed by atoms with Crippen molar-refractivity contribution in [3.8, 4) is 0 Å². The van der Waals surface area contributed by atoms with E-state index in [4.69, 9.17) is 0 Å². The van der Waals surface area contributed by atoms with Gasteiger partial charge in [0.1, 0.15) is 5.69 Å². The van der Waals surface area contributed by atoms with E-state index < -0.39 is 35.2 Å². The number of unbranched alkanes of at least 4 members (excludes halogenated alkanes) is 1. The number of hydrogen-bond donors (Lipinski definition) is 2. The predicted octanol–water partition coefficient (Wildman–Crippen LogP) is 4.70. The maximum Gasteiger partial charge on any atom is 0.433 e. The van der Waals surface area contributed by atoms with Crippen molar-refractivity contribution in [3.05, 3.63) is 41.1 Å². The van der Waals surface area contributed by atoms with Crippen LogP contribution in [0.3, 0.4) is 0 Å². The molecule has 0 saturated carbocycles. The van der Waals surface area contributed by atoms with Crippen LogP contribution in [0.2, 0.25) is 0 Å². The number of alkyl halides is 6. The van der Waals surface area contributed by atoms with E-state index >= 15 is 0 Å². The number of pyridine rings is 1. The molecular formula is C17H18F6N2O. The first-order valence-corrected chi connectivity index (χ1v) is 8.02. The Morgan fingerprint density at radius 1 is 1.12 bits per heavy atom. The zero-order valence-corrected chi connectivity index (χ0v) is 13.9. The van der Waals surface area contributed by atoms with Crippen molar-refractivity contribution in [2.24, 2.45) is 0 Å². The van der Waals surface area contributed by atoms with Crippen LogP contribution < -0.4 is 5.32 Å². The van der Waals surface area contributed by atoms with Gasteiger partial charge in [-0.05, 0) is 30.7 Å². The molecule has 1 aromatic carbocycles. The lowest BCUT2D eigenvalue weighted by Gasteiger charge is -2.19. The number of nitrogens with one attached hydrogen (secondary N) is 1. The van der Waals surface area contributed by atoms with Crippen LogP contribution in [0.4, 0.5) is 26.3 Å². The molecule has 0 aliphatic carbocycles. The monoisotopic (exact) mass is 380 g/mol. The van der Waals surface area contributed by atoms with Crippen LogP contribution in [-0.4, -0.2) is 23.2 Å². The molecule has 144 valence electrons. The molecule has 2 rings (SSSR count). The van der Waals surface area contributed by atoms with Gasteiger partial charge >= 0.3 is 12.4 Å². The van der Waals surface area contributed by atoms with Crippen molar-refractivity contribution < 1.29 is 31.4 Å². The van der Waals surface area contributed by atoms with E-state index in [0.717, 1.165) is 18.9 Å². The van der Waals surface area contributed by atoms with Crippen molar-refractivity contribution in [1.82, 2.24) is 10.3 Å². The summed E-state index contributed by atoms with van der Waals surface area (Å²) in [6.07, 6.45) is -9.51. The molecule has 9 heteroatoms. The summed E-state index contributed by atoms with van der Waals surface area (Å²) in [6, 6.07) is 3.59. The molecule has 1 heterocycles. The Labute approximate surface area is 146 Å². The van der Waals surface area contributed by atoms with Gasteiger partial charge in [-0.3, -0.25) is 0 Å². The SMILES string of the molecule is CCCCNC[C@H](O)c1cc(C(F)(F)F)nc2c(C(F)(F)F)cccc12. The number of benzene rings is 1. The number of para-hydroxylation sites is 1. The van der Waals surface area contributed by atoms with Crippen LogP contribution in [-0.2, 0) is 12.4 Å². The Morgan fingerprint density at radius 2 is 1.81 bits per heavy atom. The van der Waals surface area contributed by atoms with Gasteiger partial charge in [0, 0.05) is 11.9 Å². The molecule has 3 nitrogen and oxygen atoms in total. The molecule has 0 amide bonds. The summed E-state index contributed by atoms with van der Waals surface area (Å²) in [5.41, 5.74) is -3.80. The lowest BCUT2D eigenvalue weighted by Crippen LogP contribution is -2.23. The molecule has 0 spiro atoms. The van der Waals surface area contributed by atoms with Crippen molar-refractivity contribution >= 4 is 10.9 Å². The molecule has 1 atom stereocenters. The number of hydrogen-bond acceptors (Lipinski definition) is 3. The van der Waals surface area contributed by atoms with Crippen LogP contribution in [0.25, 0.3) is 10.9 Å². The van der Waals surface area contributed by atoms with Crippen molar-refractivity contribution in [2.45, 2.75) is 38.2 Å². The standard InChI is InChI=1S/C17H18F6N2O/c1-2-3-7-24-9-13(26)11-8-14(17(21,22)23)25-15-10(11)5-4-6-12(15)16(18,19)20/h4-6,8,13,24,26H,2-3,7,9H2,1H3/t13-/m0/s1.